The maximum absolute atomic E-state index is 13.3. The molecule has 0 spiro atoms. The van der Waals surface area contributed by atoms with Crippen molar-refractivity contribution in [2.24, 2.45) is 5.10 Å². The van der Waals surface area contributed by atoms with Crippen LogP contribution in [0.2, 0.25) is 0 Å². The first kappa shape index (κ1) is 23.0. The summed E-state index contributed by atoms with van der Waals surface area (Å²) in [5, 5.41) is 31.7. The Hall–Kier alpha value is -5.47. The number of hydrazone groups is 1. The van der Waals surface area contributed by atoms with E-state index in [0.717, 1.165) is 24.2 Å². The van der Waals surface area contributed by atoms with E-state index in [0.29, 0.717) is 23.6 Å². The summed E-state index contributed by atoms with van der Waals surface area (Å²) in [7, 11) is 0. The number of hydrogen-bond acceptors (Lipinski definition) is 12. The molecule has 0 bridgehead atoms. The maximum Gasteiger partial charge on any atom is 0.293 e. The van der Waals surface area contributed by atoms with Gasteiger partial charge in [-0.15, -0.1) is 20.1 Å². The number of nitrogens with zero attached hydrogens (tertiary/aromatic N) is 11. The van der Waals surface area contributed by atoms with Crippen molar-refractivity contribution in [2.45, 2.75) is 19.9 Å². The fourth-order valence-electron chi connectivity index (χ4n) is 4.27. The van der Waals surface area contributed by atoms with Gasteiger partial charge in [-0.2, -0.15) is 9.78 Å². The topological polar surface area (TPSA) is 184 Å². The van der Waals surface area contributed by atoms with Crippen molar-refractivity contribution in [3.8, 4) is 11.5 Å². The van der Waals surface area contributed by atoms with Gasteiger partial charge in [0, 0.05) is 12.2 Å². The van der Waals surface area contributed by atoms with Crippen molar-refractivity contribution < 1.29 is 9.42 Å². The zero-order chi connectivity index (χ0) is 26.1. The standard InChI is InChI=1S/C23H21N13O2/c1-14(16-6-4-7-17(11-16)36-26-13-25-32-36)27-29-23(37)20-19(35(33-28-20)22-21(24)30-38-31-22)12-34-10-9-15-5-2-3-8-18(15)34/h2-8,11,13H,9-10,12H2,1H3,(H2,24,30)(H,29,37). The van der Waals surface area contributed by atoms with Gasteiger partial charge in [0.2, 0.25) is 11.6 Å². The number of benzene rings is 2. The first-order valence-electron chi connectivity index (χ1n) is 11.6. The molecule has 0 fully saturated rings. The molecule has 2 aromatic carbocycles. The van der Waals surface area contributed by atoms with Crippen LogP contribution in [0, 0.1) is 0 Å². The average molecular weight is 512 g/mol. The quantitative estimate of drug-likeness (QED) is 0.234. The third-order valence-corrected chi connectivity index (χ3v) is 6.17. The van der Waals surface area contributed by atoms with E-state index < -0.39 is 5.91 Å². The highest BCUT2D eigenvalue weighted by molar-refractivity contribution is 6.01. The van der Waals surface area contributed by atoms with Gasteiger partial charge in [0.25, 0.3) is 5.91 Å². The van der Waals surface area contributed by atoms with Gasteiger partial charge in [0.05, 0.1) is 23.6 Å². The molecule has 0 atom stereocenters. The first-order valence-corrected chi connectivity index (χ1v) is 11.6. The lowest BCUT2D eigenvalue weighted by Crippen LogP contribution is -2.26. The van der Waals surface area contributed by atoms with Crippen LogP contribution in [0.15, 0.2) is 64.6 Å². The Kier molecular flexibility index (Phi) is 5.76. The highest BCUT2D eigenvalue weighted by Gasteiger charge is 2.28. The van der Waals surface area contributed by atoms with E-state index in [4.69, 9.17) is 10.4 Å². The smallest absolute Gasteiger partial charge is 0.293 e. The Balaban J connectivity index is 1.28. The molecule has 1 aliphatic heterocycles. The monoisotopic (exact) mass is 511 g/mol. The number of nitrogens with one attached hydrogen (secondary N) is 1. The number of carbonyl (C=O) groups is 1. The second kappa shape index (κ2) is 9.53. The summed E-state index contributed by atoms with van der Waals surface area (Å²) in [5.74, 6) is -0.361. The molecule has 3 N–H and O–H groups in total. The van der Waals surface area contributed by atoms with Crippen molar-refractivity contribution in [3.63, 3.8) is 0 Å². The Morgan fingerprint density at radius 2 is 2.05 bits per heavy atom. The molecule has 1 aliphatic rings. The molecule has 1 amide bonds. The summed E-state index contributed by atoms with van der Waals surface area (Å²) in [6, 6.07) is 15.5. The Labute approximate surface area is 214 Å². The summed E-state index contributed by atoms with van der Waals surface area (Å²) in [5.41, 5.74) is 13.4. The van der Waals surface area contributed by atoms with E-state index in [-0.39, 0.29) is 17.3 Å². The van der Waals surface area contributed by atoms with Crippen molar-refractivity contribution in [1.29, 1.82) is 0 Å². The third-order valence-electron chi connectivity index (χ3n) is 6.17. The van der Waals surface area contributed by atoms with Crippen LogP contribution in [0.3, 0.4) is 0 Å². The summed E-state index contributed by atoms with van der Waals surface area (Å²) < 4.78 is 6.12. The van der Waals surface area contributed by atoms with Gasteiger partial charge in [-0.05, 0) is 58.2 Å². The van der Waals surface area contributed by atoms with E-state index in [1.54, 1.807) is 6.92 Å². The molecule has 15 heteroatoms. The van der Waals surface area contributed by atoms with E-state index in [9.17, 15) is 4.79 Å². The zero-order valence-corrected chi connectivity index (χ0v) is 20.1. The van der Waals surface area contributed by atoms with Gasteiger partial charge in [-0.1, -0.05) is 35.5 Å². The van der Waals surface area contributed by atoms with Gasteiger partial charge in [-0.25, -0.2) is 10.1 Å². The van der Waals surface area contributed by atoms with Crippen LogP contribution < -0.4 is 16.1 Å². The molecule has 4 heterocycles. The molecule has 15 nitrogen and oxygen atoms in total. The largest absolute Gasteiger partial charge is 0.378 e. The van der Waals surface area contributed by atoms with E-state index >= 15 is 0 Å². The Morgan fingerprint density at radius 1 is 1.16 bits per heavy atom. The lowest BCUT2D eigenvalue weighted by atomic mass is 10.1. The van der Waals surface area contributed by atoms with Crippen molar-refractivity contribution in [3.05, 3.63) is 77.4 Å². The van der Waals surface area contributed by atoms with E-state index in [2.05, 4.69) is 57.5 Å². The van der Waals surface area contributed by atoms with Crippen molar-refractivity contribution >= 4 is 23.1 Å². The minimum atomic E-state index is -0.540. The van der Waals surface area contributed by atoms with Crippen molar-refractivity contribution in [1.82, 2.24) is 50.9 Å². The van der Waals surface area contributed by atoms with Gasteiger partial charge in [0.1, 0.15) is 0 Å². The predicted molar refractivity (Wildman–Crippen MR) is 134 cm³/mol. The fourth-order valence-corrected chi connectivity index (χ4v) is 4.27. The molecule has 0 saturated carbocycles. The molecule has 3 aromatic heterocycles. The fraction of sp³-hybridized carbons (Fsp3) is 0.174. The Morgan fingerprint density at radius 3 is 2.87 bits per heavy atom. The second-order valence-electron chi connectivity index (χ2n) is 8.48. The molecule has 38 heavy (non-hydrogen) atoms. The second-order valence-corrected chi connectivity index (χ2v) is 8.48. The molecule has 0 aliphatic carbocycles. The number of tetrazole rings is 1. The molecule has 0 saturated heterocycles. The highest BCUT2D eigenvalue weighted by atomic mass is 16.6. The number of fused-ring (bicyclic) bond motifs is 1. The van der Waals surface area contributed by atoms with Crippen LogP contribution in [0.5, 0.6) is 0 Å². The van der Waals surface area contributed by atoms with E-state index in [1.807, 2.05) is 42.5 Å². The number of nitrogens with two attached hydrogens (primary N) is 1. The van der Waals surface area contributed by atoms with Gasteiger partial charge < -0.3 is 10.6 Å². The molecule has 6 rings (SSSR count). The minimum Gasteiger partial charge on any atom is -0.378 e. The Bertz CT molecular complexity index is 1640. The highest BCUT2D eigenvalue weighted by Crippen LogP contribution is 2.30. The van der Waals surface area contributed by atoms with Gasteiger partial charge in [0.15, 0.2) is 12.0 Å². The SMILES string of the molecule is CC(=NNC(=O)c1nnn(-c2nonc2N)c1CN1CCc2ccccc21)c1cccc(-n2ncnn2)c1. The summed E-state index contributed by atoms with van der Waals surface area (Å²) in [6.07, 6.45) is 2.24. The third kappa shape index (κ3) is 4.21. The lowest BCUT2D eigenvalue weighted by molar-refractivity contribution is 0.0948. The van der Waals surface area contributed by atoms with E-state index in [1.165, 1.54) is 21.4 Å². The normalized spacial score (nSPS) is 13.1. The molecule has 190 valence electrons. The minimum absolute atomic E-state index is 0.0283. The van der Waals surface area contributed by atoms with Gasteiger partial charge in [-0.3, -0.25) is 4.79 Å². The van der Waals surface area contributed by atoms with Crippen LogP contribution in [0.1, 0.15) is 34.2 Å². The number of rotatable bonds is 7. The summed E-state index contributed by atoms with van der Waals surface area (Å²) in [6.45, 7) is 2.87. The molecule has 5 aromatic rings. The van der Waals surface area contributed by atoms with Crippen LogP contribution in [-0.4, -0.2) is 63.7 Å². The van der Waals surface area contributed by atoms with Crippen molar-refractivity contribution in [2.75, 3.05) is 17.2 Å². The molecular weight excluding hydrogens is 490 g/mol. The maximum atomic E-state index is 13.3. The lowest BCUT2D eigenvalue weighted by Gasteiger charge is -2.19. The number of aromatic nitrogens is 9. The predicted octanol–water partition coefficient (Wildman–Crippen LogP) is 0.925. The van der Waals surface area contributed by atoms with Crippen LogP contribution in [0.25, 0.3) is 11.5 Å². The molecule has 0 unspecified atom stereocenters. The summed E-state index contributed by atoms with van der Waals surface area (Å²) in [4.78, 5) is 16.8. The summed E-state index contributed by atoms with van der Waals surface area (Å²) >= 11 is 0. The van der Waals surface area contributed by atoms with Crippen LogP contribution in [-0.2, 0) is 13.0 Å². The van der Waals surface area contributed by atoms with Crippen LogP contribution in [0.4, 0.5) is 11.5 Å². The zero-order valence-electron chi connectivity index (χ0n) is 20.1. The number of nitrogen functional groups attached to an aromatic ring is 1. The molecular formula is C23H21N13O2. The number of carbonyl (C=O) groups excluding carboxylic acids is 1. The number of anilines is 2. The van der Waals surface area contributed by atoms with Gasteiger partial charge >= 0.3 is 0 Å². The number of hydrogen-bond donors (Lipinski definition) is 2. The molecule has 0 radical (unpaired) electrons. The van der Waals surface area contributed by atoms with Crippen LogP contribution >= 0.6 is 0 Å². The average Bonchev–Trinajstić information content (AvgIpc) is 3.75. The number of amides is 1. The first-order chi connectivity index (χ1) is 18.6. The number of para-hydroxylation sites is 1.